The molecule has 0 saturated heterocycles. The number of allylic oxidation sites excluding steroid dienone is 3. The number of unbranched alkanes of at least 4 members (excludes halogenated alkanes) is 35. The fourth-order valence-electron chi connectivity index (χ4n) is 7.92. The highest BCUT2D eigenvalue weighted by molar-refractivity contribution is 5.76. The zero-order chi connectivity index (χ0) is 43.0. The van der Waals surface area contributed by atoms with Crippen LogP contribution < -0.4 is 5.32 Å². The molecule has 0 aromatic carbocycles. The van der Waals surface area contributed by atoms with Crippen LogP contribution in [0.25, 0.3) is 0 Å². The van der Waals surface area contributed by atoms with Crippen molar-refractivity contribution in [3.8, 4) is 0 Å². The van der Waals surface area contributed by atoms with Crippen LogP contribution in [-0.2, 0) is 14.3 Å². The van der Waals surface area contributed by atoms with Crippen molar-refractivity contribution >= 4 is 11.9 Å². The number of aliphatic hydroxyl groups is 2. The molecule has 0 rings (SSSR count). The number of aliphatic hydroxyl groups excluding tert-OH is 2. The number of amides is 1. The Bertz CT molecular complexity index is 920. The third kappa shape index (κ3) is 45.7. The maximum Gasteiger partial charge on any atom is 0.305 e. The van der Waals surface area contributed by atoms with Crippen molar-refractivity contribution in [2.45, 2.75) is 289 Å². The number of rotatable bonds is 48. The van der Waals surface area contributed by atoms with E-state index in [1.54, 1.807) is 6.08 Å². The summed E-state index contributed by atoms with van der Waals surface area (Å²) in [6.07, 6.45) is 57.5. The Kier molecular flexibility index (Phi) is 47.6. The molecule has 0 bridgehead atoms. The van der Waals surface area contributed by atoms with Crippen molar-refractivity contribution in [1.29, 1.82) is 0 Å². The van der Waals surface area contributed by atoms with Crippen molar-refractivity contribution in [2.75, 3.05) is 13.2 Å². The van der Waals surface area contributed by atoms with Crippen LogP contribution in [0.2, 0.25) is 0 Å². The van der Waals surface area contributed by atoms with E-state index in [-0.39, 0.29) is 18.5 Å². The van der Waals surface area contributed by atoms with Gasteiger partial charge >= 0.3 is 5.97 Å². The van der Waals surface area contributed by atoms with Gasteiger partial charge in [-0.15, -0.1) is 0 Å². The van der Waals surface area contributed by atoms with Crippen molar-refractivity contribution in [3.05, 3.63) is 24.3 Å². The summed E-state index contributed by atoms with van der Waals surface area (Å²) in [6.45, 7) is 4.84. The Labute approximate surface area is 367 Å². The van der Waals surface area contributed by atoms with Gasteiger partial charge in [0.05, 0.1) is 25.4 Å². The zero-order valence-corrected chi connectivity index (χ0v) is 39.5. The lowest BCUT2D eigenvalue weighted by molar-refractivity contribution is -0.143. The Balaban J connectivity index is 3.51. The van der Waals surface area contributed by atoms with Crippen LogP contribution in [0.4, 0.5) is 0 Å². The van der Waals surface area contributed by atoms with E-state index in [0.717, 1.165) is 57.8 Å². The van der Waals surface area contributed by atoms with Gasteiger partial charge in [0, 0.05) is 12.8 Å². The summed E-state index contributed by atoms with van der Waals surface area (Å²) in [5.41, 5.74) is 0. The average Bonchev–Trinajstić information content (AvgIpc) is 3.24. The molecular formula is C53H101NO5. The van der Waals surface area contributed by atoms with Gasteiger partial charge < -0.3 is 20.3 Å². The van der Waals surface area contributed by atoms with Crippen LogP contribution in [0.3, 0.4) is 0 Å². The Morgan fingerprint density at radius 2 is 0.797 bits per heavy atom. The summed E-state index contributed by atoms with van der Waals surface area (Å²) in [6, 6.07) is -0.647. The largest absolute Gasteiger partial charge is 0.466 e. The number of nitrogens with one attached hydrogen (secondary N) is 1. The summed E-state index contributed by atoms with van der Waals surface area (Å²) in [7, 11) is 0. The maximum absolute atomic E-state index is 12.4. The smallest absolute Gasteiger partial charge is 0.305 e. The quantitative estimate of drug-likeness (QED) is 0.0322. The molecule has 1 amide bonds. The summed E-state index contributed by atoms with van der Waals surface area (Å²) >= 11 is 0. The van der Waals surface area contributed by atoms with Gasteiger partial charge in [-0.1, -0.05) is 231 Å². The van der Waals surface area contributed by atoms with Crippen LogP contribution >= 0.6 is 0 Å². The molecule has 0 heterocycles. The van der Waals surface area contributed by atoms with Gasteiger partial charge in [-0.2, -0.15) is 0 Å². The number of esters is 1. The Morgan fingerprint density at radius 3 is 1.20 bits per heavy atom. The van der Waals surface area contributed by atoms with Gasteiger partial charge in [0.1, 0.15) is 0 Å². The van der Waals surface area contributed by atoms with Gasteiger partial charge in [0.2, 0.25) is 5.91 Å². The van der Waals surface area contributed by atoms with Crippen LogP contribution in [0.5, 0.6) is 0 Å². The van der Waals surface area contributed by atoms with E-state index in [4.69, 9.17) is 4.74 Å². The van der Waals surface area contributed by atoms with Crippen molar-refractivity contribution < 1.29 is 24.5 Å². The highest BCUT2D eigenvalue weighted by Crippen LogP contribution is 2.15. The summed E-state index contributed by atoms with van der Waals surface area (Å²) in [4.78, 5) is 24.5. The van der Waals surface area contributed by atoms with Crippen molar-refractivity contribution in [2.24, 2.45) is 0 Å². The molecule has 2 unspecified atom stereocenters. The second kappa shape index (κ2) is 49.0. The first-order valence-corrected chi connectivity index (χ1v) is 26.1. The molecule has 6 nitrogen and oxygen atoms in total. The molecule has 348 valence electrons. The maximum atomic E-state index is 12.4. The van der Waals surface area contributed by atoms with E-state index < -0.39 is 12.1 Å². The van der Waals surface area contributed by atoms with Gasteiger partial charge in [-0.05, 0) is 57.8 Å². The highest BCUT2D eigenvalue weighted by Gasteiger charge is 2.18. The van der Waals surface area contributed by atoms with Crippen molar-refractivity contribution in [3.63, 3.8) is 0 Å². The minimum atomic E-state index is -0.861. The first-order chi connectivity index (χ1) is 29.0. The first kappa shape index (κ1) is 57.3. The number of hydrogen-bond donors (Lipinski definition) is 3. The van der Waals surface area contributed by atoms with Gasteiger partial charge in [-0.25, -0.2) is 0 Å². The molecule has 0 aliphatic rings. The lowest BCUT2D eigenvalue weighted by atomic mass is 10.0. The molecular weight excluding hydrogens is 731 g/mol. The average molecular weight is 832 g/mol. The molecule has 0 aliphatic carbocycles. The minimum Gasteiger partial charge on any atom is -0.466 e. The number of carbonyl (C=O) groups is 2. The molecule has 0 aromatic heterocycles. The molecule has 0 aliphatic heterocycles. The molecule has 0 saturated carbocycles. The van der Waals surface area contributed by atoms with Crippen LogP contribution in [0, 0.1) is 0 Å². The topological polar surface area (TPSA) is 95.9 Å². The van der Waals surface area contributed by atoms with Crippen LogP contribution in [-0.4, -0.2) is 47.4 Å². The normalized spacial score (nSPS) is 12.8. The number of hydrogen-bond acceptors (Lipinski definition) is 5. The van der Waals surface area contributed by atoms with Gasteiger partial charge in [0.25, 0.3) is 0 Å². The standard InChI is InChI=1S/C53H101NO5/c1-3-5-7-9-11-13-15-17-19-20-21-23-25-27-31-35-39-43-47-53(58)59-48-44-40-36-32-28-30-34-38-42-46-52(57)54-50(49-55)51(56)45-41-37-33-29-26-24-22-18-16-14-12-10-8-6-4-2/h19-20,41,45,50-51,55-56H,3-18,21-40,42-44,46-49H2,1-2H3,(H,54,57)/b20-19-,45-41+. The summed E-state index contributed by atoms with van der Waals surface area (Å²) < 4.78 is 5.46. The number of carbonyl (C=O) groups excluding carboxylic acids is 2. The second-order valence-electron chi connectivity index (χ2n) is 17.9. The monoisotopic (exact) mass is 832 g/mol. The predicted octanol–water partition coefficient (Wildman–Crippen LogP) is 15.5. The minimum absolute atomic E-state index is 0.0303. The third-order valence-electron chi connectivity index (χ3n) is 12.0. The molecule has 3 N–H and O–H groups in total. The molecule has 0 spiro atoms. The van der Waals surface area contributed by atoms with Gasteiger partial charge in [-0.3, -0.25) is 9.59 Å². The Morgan fingerprint density at radius 1 is 0.458 bits per heavy atom. The lowest BCUT2D eigenvalue weighted by Gasteiger charge is -2.20. The predicted molar refractivity (Wildman–Crippen MR) is 255 cm³/mol. The van der Waals surface area contributed by atoms with E-state index in [9.17, 15) is 19.8 Å². The third-order valence-corrected chi connectivity index (χ3v) is 12.0. The fourth-order valence-corrected chi connectivity index (χ4v) is 7.92. The van der Waals surface area contributed by atoms with Crippen molar-refractivity contribution in [1.82, 2.24) is 5.32 Å². The SMILES string of the molecule is CCCCCCCCC/C=C\CCCCCCCCCC(=O)OCCCCCCCCCCCC(=O)NC(CO)C(O)/C=C/CCCCCCCCCCCCCCC. The second-order valence-corrected chi connectivity index (χ2v) is 17.9. The highest BCUT2D eigenvalue weighted by atomic mass is 16.5. The fraction of sp³-hybridized carbons (Fsp3) is 0.887. The van der Waals surface area contributed by atoms with Gasteiger partial charge in [0.15, 0.2) is 0 Å². The summed E-state index contributed by atoms with van der Waals surface area (Å²) in [5, 5.41) is 23.0. The lowest BCUT2D eigenvalue weighted by Crippen LogP contribution is -2.45. The molecule has 59 heavy (non-hydrogen) atoms. The molecule has 6 heteroatoms. The first-order valence-electron chi connectivity index (χ1n) is 26.1. The van der Waals surface area contributed by atoms with E-state index in [1.165, 1.54) is 193 Å². The summed E-state index contributed by atoms with van der Waals surface area (Å²) in [5.74, 6) is -0.125. The molecule has 0 aromatic rings. The number of ether oxygens (including phenoxy) is 1. The Hall–Kier alpha value is -1.66. The van der Waals surface area contributed by atoms with E-state index in [2.05, 4.69) is 31.3 Å². The van der Waals surface area contributed by atoms with Crippen LogP contribution in [0.15, 0.2) is 24.3 Å². The van der Waals surface area contributed by atoms with E-state index in [0.29, 0.717) is 19.4 Å². The molecule has 0 radical (unpaired) electrons. The van der Waals surface area contributed by atoms with Crippen LogP contribution in [0.1, 0.15) is 277 Å². The molecule has 0 fully saturated rings. The molecule has 2 atom stereocenters. The van der Waals surface area contributed by atoms with E-state index >= 15 is 0 Å². The zero-order valence-electron chi connectivity index (χ0n) is 39.5. The van der Waals surface area contributed by atoms with E-state index in [1.807, 2.05) is 6.08 Å².